The molecule has 1 saturated heterocycles. The number of nitrogens with one attached hydrogen (secondary N) is 2. The molecule has 1 heterocycles. The first-order valence-electron chi connectivity index (χ1n) is 11.2. The molecule has 0 unspecified atom stereocenters. The van der Waals surface area contributed by atoms with E-state index in [9.17, 15) is 28.4 Å². The molecule has 0 aliphatic carbocycles. The van der Waals surface area contributed by atoms with E-state index in [2.05, 4.69) is 31.3 Å². The lowest BCUT2D eigenvalue weighted by molar-refractivity contribution is -0.122. The summed E-state index contributed by atoms with van der Waals surface area (Å²) in [5, 5.41) is 4.70. The van der Waals surface area contributed by atoms with E-state index in [1.807, 2.05) is 0 Å². The molecule has 0 atom stereocenters. The zero-order valence-corrected chi connectivity index (χ0v) is 21.8. The van der Waals surface area contributed by atoms with Crippen molar-refractivity contribution in [1.29, 1.82) is 0 Å². The van der Waals surface area contributed by atoms with Crippen molar-refractivity contribution in [3.63, 3.8) is 0 Å². The number of nitrogens with zero attached hydrogens (tertiary/aromatic N) is 1. The number of ether oxygens (including phenoxy) is 2. The maximum absolute atomic E-state index is 13.1. The predicted molar refractivity (Wildman–Crippen MR) is 141 cm³/mol. The summed E-state index contributed by atoms with van der Waals surface area (Å²) in [4.78, 5) is 62.6. The van der Waals surface area contributed by atoms with E-state index in [0.29, 0.717) is 21.5 Å². The first-order valence-corrected chi connectivity index (χ1v) is 12.0. The molecule has 10 nitrogen and oxygen atoms in total. The van der Waals surface area contributed by atoms with Gasteiger partial charge in [-0.25, -0.2) is 18.9 Å². The zero-order chi connectivity index (χ0) is 28.1. The number of benzene rings is 3. The molecule has 0 radical (unpaired) electrons. The van der Waals surface area contributed by atoms with Gasteiger partial charge in [0, 0.05) is 5.69 Å². The third-order valence-electron chi connectivity index (χ3n) is 5.40. The number of carbonyl (C=O) groups excluding carboxylic acids is 5. The number of anilines is 2. The second-order valence-corrected chi connectivity index (χ2v) is 8.88. The molecule has 1 aliphatic rings. The highest BCUT2D eigenvalue weighted by molar-refractivity contribution is 9.10. The monoisotopic (exact) mass is 595 g/mol. The molecule has 0 saturated carbocycles. The molecule has 1 aliphatic heterocycles. The number of halogens is 2. The summed E-state index contributed by atoms with van der Waals surface area (Å²) in [5.41, 5.74) is 0.906. The van der Waals surface area contributed by atoms with Gasteiger partial charge in [-0.15, -0.1) is 0 Å². The number of hydrogen-bond donors (Lipinski definition) is 2. The fourth-order valence-electron chi connectivity index (χ4n) is 3.52. The van der Waals surface area contributed by atoms with Crippen molar-refractivity contribution in [2.75, 3.05) is 23.9 Å². The SMILES string of the molecule is COC(=O)c1ccc(N2C(=O)NC(=O)/C(=C/c3ccc(OCC(=O)Nc4ccc(F)cc4)c(Br)c3)C2=O)cc1. The number of esters is 1. The molecule has 3 aromatic rings. The minimum atomic E-state index is -0.934. The molecule has 198 valence electrons. The molecule has 0 spiro atoms. The van der Waals surface area contributed by atoms with Crippen LogP contribution in [0.4, 0.5) is 20.6 Å². The summed E-state index contributed by atoms with van der Waals surface area (Å²) >= 11 is 3.33. The highest BCUT2D eigenvalue weighted by Crippen LogP contribution is 2.28. The van der Waals surface area contributed by atoms with Gasteiger partial charge in [-0.3, -0.25) is 19.7 Å². The summed E-state index contributed by atoms with van der Waals surface area (Å²) < 4.78 is 23.6. The Morgan fingerprint density at radius 1 is 1.03 bits per heavy atom. The quantitative estimate of drug-likeness (QED) is 0.239. The summed E-state index contributed by atoms with van der Waals surface area (Å²) in [6, 6.07) is 14.5. The molecule has 4 rings (SSSR count). The van der Waals surface area contributed by atoms with Crippen LogP contribution in [-0.2, 0) is 19.1 Å². The smallest absolute Gasteiger partial charge is 0.337 e. The molecule has 2 N–H and O–H groups in total. The lowest BCUT2D eigenvalue weighted by atomic mass is 10.1. The van der Waals surface area contributed by atoms with Gasteiger partial charge in [0.1, 0.15) is 17.1 Å². The minimum Gasteiger partial charge on any atom is -0.483 e. The Balaban J connectivity index is 1.47. The first-order chi connectivity index (χ1) is 18.7. The van der Waals surface area contributed by atoms with E-state index in [0.717, 1.165) is 4.90 Å². The summed E-state index contributed by atoms with van der Waals surface area (Å²) in [6.07, 6.45) is 1.30. The average Bonchev–Trinajstić information content (AvgIpc) is 2.91. The van der Waals surface area contributed by atoms with E-state index in [1.54, 1.807) is 12.1 Å². The average molecular weight is 596 g/mol. The molecule has 12 heteroatoms. The summed E-state index contributed by atoms with van der Waals surface area (Å²) in [5.74, 6) is -2.89. The van der Waals surface area contributed by atoms with Crippen molar-refractivity contribution >= 4 is 63.1 Å². The van der Waals surface area contributed by atoms with Gasteiger partial charge in [0.2, 0.25) is 0 Å². The van der Waals surface area contributed by atoms with Crippen molar-refractivity contribution in [3.8, 4) is 5.75 Å². The second-order valence-electron chi connectivity index (χ2n) is 8.03. The lowest BCUT2D eigenvalue weighted by Gasteiger charge is -2.26. The largest absolute Gasteiger partial charge is 0.483 e. The van der Waals surface area contributed by atoms with Gasteiger partial charge in [0.05, 0.1) is 22.8 Å². The van der Waals surface area contributed by atoms with E-state index < -0.39 is 35.5 Å². The zero-order valence-electron chi connectivity index (χ0n) is 20.2. The molecule has 0 aromatic heterocycles. The third kappa shape index (κ3) is 6.36. The summed E-state index contributed by atoms with van der Waals surface area (Å²) in [7, 11) is 1.23. The number of carbonyl (C=O) groups is 5. The predicted octanol–water partition coefficient (Wildman–Crippen LogP) is 4.06. The Kier molecular flexibility index (Phi) is 8.15. The van der Waals surface area contributed by atoms with Gasteiger partial charge < -0.3 is 14.8 Å². The van der Waals surface area contributed by atoms with E-state index in [4.69, 9.17) is 4.74 Å². The molecule has 0 bridgehead atoms. The third-order valence-corrected chi connectivity index (χ3v) is 6.02. The van der Waals surface area contributed by atoms with Gasteiger partial charge in [0.15, 0.2) is 6.61 Å². The number of barbiturate groups is 1. The van der Waals surface area contributed by atoms with Crippen molar-refractivity contribution in [1.82, 2.24) is 5.32 Å². The Hall–Kier alpha value is -4.84. The maximum Gasteiger partial charge on any atom is 0.337 e. The van der Waals surface area contributed by atoms with Crippen LogP contribution >= 0.6 is 15.9 Å². The number of rotatable bonds is 7. The van der Waals surface area contributed by atoms with Crippen LogP contribution in [0, 0.1) is 5.82 Å². The van der Waals surface area contributed by atoms with Crippen LogP contribution in [0.3, 0.4) is 0 Å². The van der Waals surface area contributed by atoms with Crippen LogP contribution in [0.5, 0.6) is 5.75 Å². The Morgan fingerprint density at radius 3 is 2.36 bits per heavy atom. The highest BCUT2D eigenvalue weighted by atomic mass is 79.9. The summed E-state index contributed by atoms with van der Waals surface area (Å²) in [6.45, 7) is -0.330. The molecule has 3 aromatic carbocycles. The normalized spacial score (nSPS) is 14.2. The number of imide groups is 2. The van der Waals surface area contributed by atoms with E-state index >= 15 is 0 Å². The van der Waals surface area contributed by atoms with E-state index in [-0.39, 0.29) is 23.4 Å². The Morgan fingerprint density at radius 2 is 1.72 bits per heavy atom. The van der Waals surface area contributed by atoms with Crippen LogP contribution in [-0.4, -0.2) is 43.4 Å². The van der Waals surface area contributed by atoms with E-state index in [1.165, 1.54) is 67.8 Å². The minimum absolute atomic E-state index is 0.146. The first kappa shape index (κ1) is 27.2. The number of hydrogen-bond acceptors (Lipinski definition) is 7. The fourth-order valence-corrected chi connectivity index (χ4v) is 4.03. The van der Waals surface area contributed by atoms with Crippen LogP contribution < -0.4 is 20.3 Å². The van der Waals surface area contributed by atoms with Gasteiger partial charge in [-0.1, -0.05) is 6.07 Å². The van der Waals surface area contributed by atoms with Crippen LogP contribution in [0.25, 0.3) is 6.08 Å². The van der Waals surface area contributed by atoms with Gasteiger partial charge in [-0.05, 0) is 88.2 Å². The standard InChI is InChI=1S/C27H19BrFN3O7/c1-38-26(36)16-3-9-19(10-4-16)32-25(35)20(24(34)31-27(32)37)12-15-2-11-22(21(28)13-15)39-14-23(33)30-18-7-5-17(29)6-8-18/h2-13H,14H2,1H3,(H,30,33)(H,31,34,37)/b20-12-. The topological polar surface area (TPSA) is 131 Å². The second kappa shape index (κ2) is 11.7. The Bertz CT molecular complexity index is 1500. The van der Waals surface area contributed by atoms with Crippen LogP contribution in [0.2, 0.25) is 0 Å². The lowest BCUT2D eigenvalue weighted by Crippen LogP contribution is -2.54. The number of methoxy groups -OCH3 is 1. The number of amides is 5. The maximum atomic E-state index is 13.1. The van der Waals surface area contributed by atoms with Crippen LogP contribution in [0.1, 0.15) is 15.9 Å². The fraction of sp³-hybridized carbons (Fsp3) is 0.0741. The highest BCUT2D eigenvalue weighted by Gasteiger charge is 2.36. The van der Waals surface area contributed by atoms with Crippen molar-refractivity contribution in [2.24, 2.45) is 0 Å². The Labute approximate surface area is 229 Å². The molecular weight excluding hydrogens is 577 g/mol. The molecule has 1 fully saturated rings. The van der Waals surface area contributed by atoms with Crippen molar-refractivity contribution in [2.45, 2.75) is 0 Å². The molecule has 39 heavy (non-hydrogen) atoms. The molecular formula is C27H19BrFN3O7. The molecule has 5 amide bonds. The van der Waals surface area contributed by atoms with Gasteiger partial charge in [-0.2, -0.15) is 0 Å². The van der Waals surface area contributed by atoms with Gasteiger partial charge in [0.25, 0.3) is 17.7 Å². The van der Waals surface area contributed by atoms with Crippen molar-refractivity contribution < 1.29 is 37.8 Å². The van der Waals surface area contributed by atoms with Crippen molar-refractivity contribution in [3.05, 3.63) is 93.7 Å². The number of urea groups is 1. The van der Waals surface area contributed by atoms with Gasteiger partial charge >= 0.3 is 12.0 Å². The van der Waals surface area contributed by atoms with Crippen LogP contribution in [0.15, 0.2) is 76.8 Å².